The summed E-state index contributed by atoms with van der Waals surface area (Å²) in [6, 6.07) is 7.03. The highest BCUT2D eigenvalue weighted by molar-refractivity contribution is 9.10. The Bertz CT molecular complexity index is 492. The van der Waals surface area contributed by atoms with Crippen LogP contribution in [0.5, 0.6) is 0 Å². The average molecular weight is 269 g/mol. The number of nitro groups is 1. The van der Waals surface area contributed by atoms with Gasteiger partial charge in [-0.25, -0.2) is 0 Å². The smallest absolute Gasteiger partial charge is 0.336 e. The zero-order chi connectivity index (χ0) is 10.8. The van der Waals surface area contributed by atoms with E-state index in [0.29, 0.717) is 5.56 Å². The molecule has 5 nitrogen and oxygen atoms in total. The highest BCUT2D eigenvalue weighted by Crippen LogP contribution is 2.28. The lowest BCUT2D eigenvalue weighted by Gasteiger charge is -1.95. The molecule has 0 fully saturated rings. The Morgan fingerprint density at radius 3 is 2.60 bits per heavy atom. The molecule has 1 heterocycles. The molecular formula is C9H5BrN2O3. The molecule has 0 amide bonds. The SMILES string of the molecule is O=[N+]([O-])c1conc1-c1ccc(Br)cc1. The van der Waals surface area contributed by atoms with Gasteiger partial charge in [0.25, 0.3) is 0 Å². The Balaban J connectivity index is 2.49. The summed E-state index contributed by atoms with van der Waals surface area (Å²) < 4.78 is 5.49. The maximum Gasteiger partial charge on any atom is 0.336 e. The minimum absolute atomic E-state index is 0.127. The van der Waals surface area contributed by atoms with E-state index < -0.39 is 4.92 Å². The van der Waals surface area contributed by atoms with Gasteiger partial charge in [-0.2, -0.15) is 0 Å². The molecule has 0 atom stereocenters. The number of hydrogen-bond acceptors (Lipinski definition) is 4. The number of rotatable bonds is 2. The van der Waals surface area contributed by atoms with E-state index in [0.717, 1.165) is 10.7 Å². The summed E-state index contributed by atoms with van der Waals surface area (Å²) in [7, 11) is 0. The van der Waals surface area contributed by atoms with Crippen LogP contribution >= 0.6 is 15.9 Å². The molecule has 6 heteroatoms. The van der Waals surface area contributed by atoms with Gasteiger partial charge >= 0.3 is 5.69 Å². The standard InChI is InChI=1S/C9H5BrN2O3/c10-7-3-1-6(2-4-7)9-8(12(13)14)5-15-11-9/h1-5H. The fraction of sp³-hybridized carbons (Fsp3) is 0. The summed E-state index contributed by atoms with van der Waals surface area (Å²) >= 11 is 3.28. The van der Waals surface area contributed by atoms with Gasteiger partial charge in [-0.1, -0.05) is 33.2 Å². The summed E-state index contributed by atoms with van der Waals surface area (Å²) in [6.45, 7) is 0. The number of hydrogen-bond donors (Lipinski definition) is 0. The summed E-state index contributed by atoms with van der Waals surface area (Å²) in [6.07, 6.45) is 1.03. The summed E-state index contributed by atoms with van der Waals surface area (Å²) in [5.74, 6) is 0. The van der Waals surface area contributed by atoms with E-state index in [4.69, 9.17) is 0 Å². The van der Waals surface area contributed by atoms with Gasteiger partial charge in [0, 0.05) is 10.0 Å². The number of nitrogens with zero attached hydrogens (tertiary/aromatic N) is 2. The van der Waals surface area contributed by atoms with Crippen molar-refractivity contribution >= 4 is 21.6 Å². The third-order valence-electron chi connectivity index (χ3n) is 1.87. The Morgan fingerprint density at radius 2 is 2.00 bits per heavy atom. The molecule has 15 heavy (non-hydrogen) atoms. The van der Waals surface area contributed by atoms with Gasteiger partial charge in [0.05, 0.1) is 4.92 Å². The molecule has 2 aromatic rings. The molecule has 0 saturated heterocycles. The molecule has 0 saturated carbocycles. The normalized spacial score (nSPS) is 10.2. The van der Waals surface area contributed by atoms with Crippen LogP contribution in [-0.4, -0.2) is 10.1 Å². The number of aromatic nitrogens is 1. The van der Waals surface area contributed by atoms with Crippen LogP contribution in [0.3, 0.4) is 0 Å². The van der Waals surface area contributed by atoms with Crippen LogP contribution < -0.4 is 0 Å². The molecule has 0 unspecified atom stereocenters. The van der Waals surface area contributed by atoms with Gasteiger partial charge in [0.1, 0.15) is 0 Å². The third kappa shape index (κ3) is 1.89. The minimum Gasteiger partial charge on any atom is -0.357 e. The monoisotopic (exact) mass is 268 g/mol. The number of benzene rings is 1. The second-order valence-electron chi connectivity index (χ2n) is 2.81. The minimum atomic E-state index is -0.520. The largest absolute Gasteiger partial charge is 0.357 e. The molecule has 1 aromatic carbocycles. The lowest BCUT2D eigenvalue weighted by Crippen LogP contribution is -1.88. The molecule has 0 spiro atoms. The maximum absolute atomic E-state index is 10.6. The lowest BCUT2D eigenvalue weighted by molar-refractivity contribution is -0.384. The first kappa shape index (κ1) is 9.85. The molecule has 0 bridgehead atoms. The molecule has 1 aromatic heterocycles. The highest BCUT2D eigenvalue weighted by atomic mass is 79.9. The van der Waals surface area contributed by atoms with Crippen molar-refractivity contribution in [1.29, 1.82) is 0 Å². The maximum atomic E-state index is 10.6. The zero-order valence-electron chi connectivity index (χ0n) is 7.38. The molecule has 2 rings (SSSR count). The third-order valence-corrected chi connectivity index (χ3v) is 2.39. The summed E-state index contributed by atoms with van der Waals surface area (Å²) in [5, 5.41) is 14.2. The van der Waals surface area contributed by atoms with Crippen molar-refractivity contribution in [1.82, 2.24) is 5.16 Å². The second-order valence-corrected chi connectivity index (χ2v) is 3.73. The van der Waals surface area contributed by atoms with Gasteiger partial charge < -0.3 is 4.52 Å². The highest BCUT2D eigenvalue weighted by Gasteiger charge is 2.19. The summed E-state index contributed by atoms with van der Waals surface area (Å²) in [4.78, 5) is 10.1. The van der Waals surface area contributed by atoms with Crippen molar-refractivity contribution in [3.05, 3.63) is 45.1 Å². The molecule has 0 aliphatic carbocycles. The first-order valence-electron chi connectivity index (χ1n) is 4.03. The van der Waals surface area contributed by atoms with E-state index >= 15 is 0 Å². The van der Waals surface area contributed by atoms with Crippen LogP contribution in [0.1, 0.15) is 0 Å². The van der Waals surface area contributed by atoms with E-state index in [1.54, 1.807) is 24.3 Å². The molecule has 0 aliphatic heterocycles. The second kappa shape index (κ2) is 3.82. The van der Waals surface area contributed by atoms with E-state index in [2.05, 4.69) is 25.6 Å². The van der Waals surface area contributed by atoms with Crippen molar-refractivity contribution in [2.75, 3.05) is 0 Å². The topological polar surface area (TPSA) is 69.2 Å². The van der Waals surface area contributed by atoms with Gasteiger partial charge in [0.2, 0.25) is 6.26 Å². The first-order chi connectivity index (χ1) is 7.18. The molecule has 0 radical (unpaired) electrons. The molecule has 76 valence electrons. The Hall–Kier alpha value is -1.69. The van der Waals surface area contributed by atoms with E-state index in [1.807, 2.05) is 0 Å². The Morgan fingerprint density at radius 1 is 1.33 bits per heavy atom. The number of halogens is 1. The van der Waals surface area contributed by atoms with Gasteiger partial charge in [0.15, 0.2) is 5.69 Å². The average Bonchev–Trinajstić information content (AvgIpc) is 2.67. The fourth-order valence-corrected chi connectivity index (χ4v) is 1.43. The van der Waals surface area contributed by atoms with Crippen LogP contribution in [0.4, 0.5) is 5.69 Å². The molecule has 0 aliphatic rings. The van der Waals surface area contributed by atoms with Crippen molar-refractivity contribution in [3.63, 3.8) is 0 Å². The molecular weight excluding hydrogens is 264 g/mol. The quantitative estimate of drug-likeness (QED) is 0.620. The van der Waals surface area contributed by atoms with E-state index in [9.17, 15) is 10.1 Å². The predicted molar refractivity (Wildman–Crippen MR) is 56.3 cm³/mol. The van der Waals surface area contributed by atoms with Gasteiger partial charge in [-0.05, 0) is 12.1 Å². The van der Waals surface area contributed by atoms with Crippen molar-refractivity contribution in [3.8, 4) is 11.3 Å². The fourth-order valence-electron chi connectivity index (χ4n) is 1.17. The van der Waals surface area contributed by atoms with Gasteiger partial charge in [-0.3, -0.25) is 10.1 Å². The van der Waals surface area contributed by atoms with Crippen LogP contribution in [0.2, 0.25) is 0 Å². The van der Waals surface area contributed by atoms with Gasteiger partial charge in [-0.15, -0.1) is 0 Å². The zero-order valence-corrected chi connectivity index (χ0v) is 8.97. The van der Waals surface area contributed by atoms with Crippen molar-refractivity contribution < 1.29 is 9.45 Å². The van der Waals surface area contributed by atoms with Crippen LogP contribution in [0.25, 0.3) is 11.3 Å². The molecule has 0 N–H and O–H groups in total. The van der Waals surface area contributed by atoms with Crippen LogP contribution in [0, 0.1) is 10.1 Å². The first-order valence-corrected chi connectivity index (χ1v) is 4.82. The Labute approximate surface area is 93.0 Å². The van der Waals surface area contributed by atoms with Crippen molar-refractivity contribution in [2.24, 2.45) is 0 Å². The van der Waals surface area contributed by atoms with Crippen LogP contribution in [0.15, 0.2) is 39.5 Å². The van der Waals surface area contributed by atoms with E-state index in [-0.39, 0.29) is 11.4 Å². The Kier molecular flexibility index (Phi) is 2.51. The van der Waals surface area contributed by atoms with Crippen molar-refractivity contribution in [2.45, 2.75) is 0 Å². The summed E-state index contributed by atoms with van der Waals surface area (Å²) in [5.41, 5.74) is 0.767. The predicted octanol–water partition coefficient (Wildman–Crippen LogP) is 3.01. The van der Waals surface area contributed by atoms with E-state index in [1.165, 1.54) is 0 Å². The van der Waals surface area contributed by atoms with Crippen LogP contribution in [-0.2, 0) is 0 Å². The lowest BCUT2D eigenvalue weighted by atomic mass is 10.1.